The number of amides is 1. The summed E-state index contributed by atoms with van der Waals surface area (Å²) in [5.41, 5.74) is 0. The summed E-state index contributed by atoms with van der Waals surface area (Å²) in [7, 11) is 1.24. The predicted octanol–water partition coefficient (Wildman–Crippen LogP) is 14.0. The van der Waals surface area contributed by atoms with Gasteiger partial charge in [0.05, 0.1) is 39.9 Å². The Morgan fingerprint density at radius 3 is 1.35 bits per heavy atom. The van der Waals surface area contributed by atoms with Gasteiger partial charge in [-0.3, -0.25) is 9.36 Å². The SMILES string of the molecule is CCCCCCCCCCCCCCCCCCCCC/C=C/CC/C=C/CC/C=C/C(O)C(COP(=O)([O-])OCC[N+](C)(C)C)NC(=O)CCCCCCCCCCC. The van der Waals surface area contributed by atoms with Crippen molar-refractivity contribution in [2.45, 2.75) is 244 Å². The van der Waals surface area contributed by atoms with Crippen molar-refractivity contribution < 1.29 is 32.9 Å². The monoisotopic (exact) mass is 867 g/mol. The largest absolute Gasteiger partial charge is 0.756 e. The van der Waals surface area contributed by atoms with Gasteiger partial charge in [0.2, 0.25) is 5.91 Å². The number of quaternary nitrogens is 1. The Balaban J connectivity index is 4.18. The quantitative estimate of drug-likeness (QED) is 0.0273. The van der Waals surface area contributed by atoms with Gasteiger partial charge in [0.1, 0.15) is 13.2 Å². The standard InChI is InChI=1S/C51H99N2O6P/c1-6-8-10-12-14-16-17-18-19-20-21-22-23-24-25-26-27-28-29-30-31-32-33-34-35-37-38-40-42-44-50(54)49(48-59-60(56,57)58-47-46-53(3,4)5)52-51(55)45-43-41-39-36-15-13-11-9-7-2/h31-32,35,37,42,44,49-50,54H,6-30,33-34,36,38-41,43,45-48H2,1-5H3,(H-,52,55,56,57)/b32-31+,37-35+,44-42+. The molecule has 2 N–H and O–H groups in total. The number of hydrogen-bond donors (Lipinski definition) is 2. The maximum Gasteiger partial charge on any atom is 0.268 e. The van der Waals surface area contributed by atoms with Gasteiger partial charge in [-0.05, 0) is 44.9 Å². The highest BCUT2D eigenvalue weighted by molar-refractivity contribution is 7.45. The number of aliphatic hydroxyl groups excluding tert-OH is 1. The molecule has 8 nitrogen and oxygen atoms in total. The number of rotatable bonds is 46. The number of carbonyl (C=O) groups excluding carboxylic acids is 1. The van der Waals surface area contributed by atoms with Gasteiger partial charge >= 0.3 is 0 Å². The average molecular weight is 867 g/mol. The molecule has 3 unspecified atom stereocenters. The number of phosphoric acid groups is 1. The molecule has 0 spiro atoms. The minimum absolute atomic E-state index is 0.00812. The van der Waals surface area contributed by atoms with E-state index < -0.39 is 26.6 Å². The van der Waals surface area contributed by atoms with Crippen LogP contribution in [0.2, 0.25) is 0 Å². The van der Waals surface area contributed by atoms with Crippen molar-refractivity contribution in [3.63, 3.8) is 0 Å². The van der Waals surface area contributed by atoms with E-state index in [9.17, 15) is 19.4 Å². The Hall–Kier alpha value is -1.28. The second kappa shape index (κ2) is 43.0. The van der Waals surface area contributed by atoms with E-state index in [2.05, 4.69) is 43.5 Å². The molecule has 0 aliphatic heterocycles. The first kappa shape index (κ1) is 58.7. The van der Waals surface area contributed by atoms with Crippen molar-refractivity contribution in [2.24, 2.45) is 0 Å². The highest BCUT2D eigenvalue weighted by Gasteiger charge is 2.23. The highest BCUT2D eigenvalue weighted by atomic mass is 31.2. The third-order valence-electron chi connectivity index (χ3n) is 11.3. The van der Waals surface area contributed by atoms with Crippen molar-refractivity contribution in [1.29, 1.82) is 0 Å². The third-order valence-corrected chi connectivity index (χ3v) is 12.3. The maximum absolute atomic E-state index is 12.8. The lowest BCUT2D eigenvalue weighted by atomic mass is 10.0. The first-order valence-electron chi connectivity index (χ1n) is 25.4. The zero-order valence-corrected chi connectivity index (χ0v) is 41.1. The van der Waals surface area contributed by atoms with Crippen LogP contribution in [0.1, 0.15) is 232 Å². The first-order chi connectivity index (χ1) is 29.0. The topological polar surface area (TPSA) is 108 Å². The number of hydrogen-bond acceptors (Lipinski definition) is 6. The first-order valence-corrected chi connectivity index (χ1v) is 26.8. The highest BCUT2D eigenvalue weighted by Crippen LogP contribution is 2.38. The van der Waals surface area contributed by atoms with Gasteiger partial charge < -0.3 is 28.8 Å². The van der Waals surface area contributed by atoms with E-state index in [4.69, 9.17) is 9.05 Å². The van der Waals surface area contributed by atoms with Gasteiger partial charge in [0.25, 0.3) is 7.82 Å². The fourth-order valence-corrected chi connectivity index (χ4v) is 8.03. The van der Waals surface area contributed by atoms with Gasteiger partial charge in [-0.25, -0.2) is 0 Å². The molecule has 0 aliphatic rings. The molecule has 0 saturated carbocycles. The number of aliphatic hydroxyl groups is 1. The van der Waals surface area contributed by atoms with Gasteiger partial charge in [0.15, 0.2) is 0 Å². The van der Waals surface area contributed by atoms with E-state index in [1.165, 1.54) is 167 Å². The minimum Gasteiger partial charge on any atom is -0.756 e. The van der Waals surface area contributed by atoms with E-state index in [0.29, 0.717) is 17.4 Å². The summed E-state index contributed by atoms with van der Waals surface area (Å²) in [6.45, 7) is 4.60. The summed E-state index contributed by atoms with van der Waals surface area (Å²) in [4.78, 5) is 25.2. The molecule has 0 rings (SSSR count). The van der Waals surface area contributed by atoms with Crippen molar-refractivity contribution in [3.05, 3.63) is 36.5 Å². The molecular formula is C51H99N2O6P. The average Bonchev–Trinajstić information content (AvgIpc) is 3.20. The lowest BCUT2D eigenvalue weighted by molar-refractivity contribution is -0.870. The Bertz CT molecular complexity index is 1070. The van der Waals surface area contributed by atoms with Gasteiger partial charge in [-0.1, -0.05) is 217 Å². The second-order valence-electron chi connectivity index (χ2n) is 18.5. The molecule has 9 heteroatoms. The molecule has 0 radical (unpaired) electrons. The molecular weight excluding hydrogens is 768 g/mol. The summed E-state index contributed by atoms with van der Waals surface area (Å²) >= 11 is 0. The Kier molecular flexibility index (Phi) is 42.1. The van der Waals surface area contributed by atoms with Gasteiger partial charge in [-0.15, -0.1) is 0 Å². The van der Waals surface area contributed by atoms with Crippen LogP contribution in [0, 0.1) is 0 Å². The molecule has 0 aromatic carbocycles. The van der Waals surface area contributed by atoms with Crippen LogP contribution >= 0.6 is 7.82 Å². The number of nitrogens with one attached hydrogen (secondary N) is 1. The molecule has 354 valence electrons. The Labute approximate surface area is 372 Å². The molecule has 0 aromatic rings. The van der Waals surface area contributed by atoms with Crippen LogP contribution < -0.4 is 10.2 Å². The molecule has 60 heavy (non-hydrogen) atoms. The number of likely N-dealkylation sites (N-methyl/N-ethyl adjacent to an activating group) is 1. The smallest absolute Gasteiger partial charge is 0.268 e. The number of phosphoric ester groups is 1. The molecule has 0 heterocycles. The number of allylic oxidation sites excluding steroid dienone is 5. The van der Waals surface area contributed by atoms with Crippen molar-refractivity contribution >= 4 is 13.7 Å². The summed E-state index contributed by atoms with van der Waals surface area (Å²) in [6, 6.07) is -0.905. The van der Waals surface area contributed by atoms with Crippen molar-refractivity contribution in [1.82, 2.24) is 5.32 Å². The number of unbranched alkanes of at least 4 members (excludes halogenated alkanes) is 29. The zero-order valence-electron chi connectivity index (χ0n) is 40.2. The third kappa shape index (κ3) is 44.8. The fourth-order valence-electron chi connectivity index (χ4n) is 7.30. The summed E-state index contributed by atoms with van der Waals surface area (Å²) in [5.74, 6) is -0.215. The van der Waals surface area contributed by atoms with Crippen LogP contribution in [0.5, 0.6) is 0 Å². The minimum atomic E-state index is -4.59. The maximum atomic E-state index is 12.8. The van der Waals surface area contributed by atoms with Crippen LogP contribution in [0.25, 0.3) is 0 Å². The molecule has 0 saturated heterocycles. The van der Waals surface area contributed by atoms with E-state index in [1.54, 1.807) is 6.08 Å². The van der Waals surface area contributed by atoms with Crippen LogP contribution in [-0.2, 0) is 18.4 Å². The molecule has 0 aliphatic carbocycles. The summed E-state index contributed by atoms with van der Waals surface area (Å²) < 4.78 is 23.2. The molecule has 0 fully saturated rings. The lowest BCUT2D eigenvalue weighted by Crippen LogP contribution is -2.45. The van der Waals surface area contributed by atoms with E-state index in [1.807, 2.05) is 27.2 Å². The molecule has 3 atom stereocenters. The number of carbonyl (C=O) groups is 1. The van der Waals surface area contributed by atoms with Crippen molar-refractivity contribution in [2.75, 3.05) is 40.9 Å². The second-order valence-corrected chi connectivity index (χ2v) is 19.9. The van der Waals surface area contributed by atoms with Gasteiger partial charge in [-0.2, -0.15) is 0 Å². The van der Waals surface area contributed by atoms with Crippen LogP contribution in [0.15, 0.2) is 36.5 Å². The Morgan fingerprint density at radius 2 is 0.933 bits per heavy atom. The predicted molar refractivity (Wildman–Crippen MR) is 256 cm³/mol. The summed E-state index contributed by atoms with van der Waals surface area (Å²) in [5, 5.41) is 13.7. The van der Waals surface area contributed by atoms with Crippen LogP contribution in [-0.4, -0.2) is 68.5 Å². The Morgan fingerprint density at radius 1 is 0.567 bits per heavy atom. The van der Waals surface area contributed by atoms with Crippen molar-refractivity contribution in [3.8, 4) is 0 Å². The lowest BCUT2D eigenvalue weighted by Gasteiger charge is -2.29. The van der Waals surface area contributed by atoms with Crippen LogP contribution in [0.4, 0.5) is 0 Å². The molecule has 0 bridgehead atoms. The molecule has 0 aromatic heterocycles. The van der Waals surface area contributed by atoms with E-state index in [-0.39, 0.29) is 12.5 Å². The van der Waals surface area contributed by atoms with Crippen LogP contribution in [0.3, 0.4) is 0 Å². The number of nitrogens with zero attached hydrogens (tertiary/aromatic N) is 1. The van der Waals surface area contributed by atoms with Gasteiger partial charge in [0, 0.05) is 6.42 Å². The fraction of sp³-hybridized carbons (Fsp3) is 0.863. The van der Waals surface area contributed by atoms with E-state index >= 15 is 0 Å². The molecule has 1 amide bonds. The van der Waals surface area contributed by atoms with E-state index in [0.717, 1.165) is 44.9 Å². The zero-order chi connectivity index (χ0) is 44.3. The normalized spacial score (nSPS) is 14.4. The summed E-state index contributed by atoms with van der Waals surface area (Å²) in [6.07, 6.45) is 53.8.